The summed E-state index contributed by atoms with van der Waals surface area (Å²) in [5, 5.41) is 2.76. The summed E-state index contributed by atoms with van der Waals surface area (Å²) in [5.41, 5.74) is 10.1. The second kappa shape index (κ2) is 5.22. The number of carbonyl (C=O) groups is 1. The number of amides is 1. The Morgan fingerprint density at radius 2 is 2.33 bits per heavy atom. The van der Waals surface area contributed by atoms with E-state index in [-0.39, 0.29) is 12.5 Å². The average molecular weight is 264 g/mol. The highest BCUT2D eigenvalue weighted by molar-refractivity contribution is 7.16. The van der Waals surface area contributed by atoms with Crippen LogP contribution in [0.1, 0.15) is 6.92 Å². The predicted octanol–water partition coefficient (Wildman–Crippen LogP) is 1.45. The lowest BCUT2D eigenvalue weighted by Crippen LogP contribution is -2.35. The molecule has 0 atom stereocenters. The molecule has 0 aliphatic carbocycles. The van der Waals surface area contributed by atoms with E-state index in [9.17, 15) is 4.79 Å². The Bertz CT molecular complexity index is 566. The zero-order chi connectivity index (χ0) is 13.1. The molecule has 0 saturated carbocycles. The van der Waals surface area contributed by atoms with E-state index >= 15 is 0 Å². The number of benzene rings is 1. The average Bonchev–Trinajstić information content (AvgIpc) is 2.78. The van der Waals surface area contributed by atoms with E-state index in [1.165, 1.54) is 0 Å². The first-order valence-electron chi connectivity index (χ1n) is 5.73. The van der Waals surface area contributed by atoms with Crippen molar-refractivity contribution in [2.75, 3.05) is 30.8 Å². The number of anilines is 2. The minimum absolute atomic E-state index is 0.0159. The molecule has 18 heavy (non-hydrogen) atoms. The van der Waals surface area contributed by atoms with E-state index in [0.717, 1.165) is 15.9 Å². The summed E-state index contributed by atoms with van der Waals surface area (Å²) in [6, 6.07) is 3.90. The zero-order valence-electron chi connectivity index (χ0n) is 10.4. The van der Waals surface area contributed by atoms with Gasteiger partial charge in [-0.3, -0.25) is 4.79 Å². The Morgan fingerprint density at radius 1 is 1.56 bits per heavy atom. The molecule has 6 heteroatoms. The summed E-state index contributed by atoms with van der Waals surface area (Å²) in [6.45, 7) is 2.81. The lowest BCUT2D eigenvalue weighted by Gasteiger charge is -2.20. The summed E-state index contributed by atoms with van der Waals surface area (Å²) in [6.07, 6.45) is 0. The van der Waals surface area contributed by atoms with Crippen LogP contribution in [0.4, 0.5) is 11.4 Å². The van der Waals surface area contributed by atoms with Gasteiger partial charge in [-0.25, -0.2) is 4.98 Å². The molecule has 2 rings (SSSR count). The normalized spacial score (nSPS) is 10.6. The first-order valence-corrected chi connectivity index (χ1v) is 6.61. The molecule has 0 spiro atoms. The summed E-state index contributed by atoms with van der Waals surface area (Å²) in [7, 11) is 1.85. The topological polar surface area (TPSA) is 71.2 Å². The highest BCUT2D eigenvalue weighted by Gasteiger charge is 2.12. The number of carbonyl (C=O) groups excluding carboxylic acids is 1. The Labute approximate surface area is 110 Å². The molecule has 2 aromatic rings. The molecular weight excluding hydrogens is 248 g/mol. The highest BCUT2D eigenvalue weighted by atomic mass is 32.1. The van der Waals surface area contributed by atoms with Crippen LogP contribution in [-0.2, 0) is 4.79 Å². The molecule has 0 fully saturated rings. The number of nitrogens with zero attached hydrogens (tertiary/aromatic N) is 2. The van der Waals surface area contributed by atoms with Gasteiger partial charge in [0.15, 0.2) is 0 Å². The van der Waals surface area contributed by atoms with Crippen molar-refractivity contribution in [2.24, 2.45) is 0 Å². The number of hydrogen-bond acceptors (Lipinski definition) is 5. The number of nitrogens with two attached hydrogens (primary N) is 1. The van der Waals surface area contributed by atoms with Crippen LogP contribution in [0.15, 0.2) is 17.6 Å². The fourth-order valence-corrected chi connectivity index (χ4v) is 2.52. The van der Waals surface area contributed by atoms with Crippen molar-refractivity contribution in [3.05, 3.63) is 17.6 Å². The Hall–Kier alpha value is -1.82. The van der Waals surface area contributed by atoms with Crippen molar-refractivity contribution < 1.29 is 4.79 Å². The Kier molecular flexibility index (Phi) is 3.66. The van der Waals surface area contributed by atoms with Crippen LogP contribution in [0, 0.1) is 0 Å². The molecule has 0 saturated heterocycles. The number of nitrogen functional groups attached to an aromatic ring is 1. The predicted molar refractivity (Wildman–Crippen MR) is 76.0 cm³/mol. The van der Waals surface area contributed by atoms with E-state index in [4.69, 9.17) is 5.73 Å². The van der Waals surface area contributed by atoms with Crippen molar-refractivity contribution in [1.29, 1.82) is 0 Å². The number of hydrogen-bond donors (Lipinski definition) is 2. The number of thiazole rings is 1. The van der Waals surface area contributed by atoms with Gasteiger partial charge in [0.25, 0.3) is 0 Å². The summed E-state index contributed by atoms with van der Waals surface area (Å²) >= 11 is 1.56. The SMILES string of the molecule is CCNC(=O)CN(C)c1ccc2scnc2c1N. The molecule has 0 bridgehead atoms. The Balaban J connectivity index is 2.24. The second-order valence-corrected chi connectivity index (χ2v) is 4.89. The standard InChI is InChI=1S/C12H16N4OS/c1-3-14-10(17)6-16(2)8-4-5-9-12(11(8)13)15-7-18-9/h4-5,7H,3,6,13H2,1-2H3,(H,14,17). The molecule has 96 valence electrons. The molecule has 1 aromatic heterocycles. The van der Waals surface area contributed by atoms with Crippen LogP contribution < -0.4 is 16.0 Å². The third kappa shape index (κ3) is 2.38. The summed E-state index contributed by atoms with van der Waals surface area (Å²) < 4.78 is 1.06. The van der Waals surface area contributed by atoms with Crippen molar-refractivity contribution in [2.45, 2.75) is 6.92 Å². The summed E-state index contributed by atoms with van der Waals surface area (Å²) in [4.78, 5) is 17.6. The van der Waals surface area contributed by atoms with Crippen molar-refractivity contribution in [3.63, 3.8) is 0 Å². The second-order valence-electron chi connectivity index (χ2n) is 4.01. The Morgan fingerprint density at radius 3 is 3.06 bits per heavy atom. The van der Waals surface area contributed by atoms with Gasteiger partial charge in [0.2, 0.25) is 5.91 Å². The van der Waals surface area contributed by atoms with Gasteiger partial charge in [0, 0.05) is 13.6 Å². The molecule has 5 nitrogen and oxygen atoms in total. The fourth-order valence-electron chi connectivity index (χ4n) is 1.83. The van der Waals surface area contributed by atoms with E-state index in [1.54, 1.807) is 16.8 Å². The summed E-state index contributed by atoms with van der Waals surface area (Å²) in [5.74, 6) is -0.0159. The third-order valence-electron chi connectivity index (χ3n) is 2.68. The minimum Gasteiger partial charge on any atom is -0.395 e. The van der Waals surface area contributed by atoms with Gasteiger partial charge in [-0.2, -0.15) is 0 Å². The number of rotatable bonds is 4. The molecule has 0 unspecified atom stereocenters. The molecule has 0 radical (unpaired) electrons. The monoisotopic (exact) mass is 264 g/mol. The zero-order valence-corrected chi connectivity index (χ0v) is 11.3. The van der Waals surface area contributed by atoms with Gasteiger partial charge >= 0.3 is 0 Å². The van der Waals surface area contributed by atoms with Crippen LogP contribution in [0.2, 0.25) is 0 Å². The van der Waals surface area contributed by atoms with Crippen LogP contribution in [0.5, 0.6) is 0 Å². The maximum atomic E-state index is 11.5. The molecule has 3 N–H and O–H groups in total. The molecule has 0 aliphatic heterocycles. The molecule has 1 heterocycles. The smallest absolute Gasteiger partial charge is 0.239 e. The van der Waals surface area contributed by atoms with Crippen molar-refractivity contribution >= 4 is 38.8 Å². The van der Waals surface area contributed by atoms with Gasteiger partial charge in [0.1, 0.15) is 5.52 Å². The van der Waals surface area contributed by atoms with Crippen LogP contribution in [0.3, 0.4) is 0 Å². The molecule has 0 aliphatic rings. The quantitative estimate of drug-likeness (QED) is 0.820. The molecule has 1 aromatic carbocycles. The van der Waals surface area contributed by atoms with Gasteiger partial charge < -0.3 is 16.0 Å². The highest BCUT2D eigenvalue weighted by Crippen LogP contribution is 2.31. The lowest BCUT2D eigenvalue weighted by molar-refractivity contribution is -0.119. The number of likely N-dealkylation sites (N-methyl/N-ethyl adjacent to an activating group) is 2. The van der Waals surface area contributed by atoms with Gasteiger partial charge in [-0.15, -0.1) is 11.3 Å². The molecular formula is C12H16N4OS. The van der Waals surface area contributed by atoms with Crippen molar-refractivity contribution in [3.8, 4) is 0 Å². The van der Waals surface area contributed by atoms with E-state index in [2.05, 4.69) is 10.3 Å². The van der Waals surface area contributed by atoms with Crippen LogP contribution in [-0.4, -0.2) is 31.0 Å². The minimum atomic E-state index is -0.0159. The third-order valence-corrected chi connectivity index (χ3v) is 3.48. The van der Waals surface area contributed by atoms with Gasteiger partial charge in [-0.05, 0) is 19.1 Å². The number of nitrogens with one attached hydrogen (secondary N) is 1. The lowest BCUT2D eigenvalue weighted by atomic mass is 10.2. The van der Waals surface area contributed by atoms with Crippen LogP contribution >= 0.6 is 11.3 Å². The maximum Gasteiger partial charge on any atom is 0.239 e. The first-order chi connectivity index (χ1) is 8.63. The molecule has 1 amide bonds. The van der Waals surface area contributed by atoms with Gasteiger partial charge in [0.05, 0.1) is 28.1 Å². The number of fused-ring (bicyclic) bond motifs is 1. The fraction of sp³-hybridized carbons (Fsp3) is 0.333. The first kappa shape index (κ1) is 12.6. The maximum absolute atomic E-state index is 11.5. The van der Waals surface area contributed by atoms with E-state index < -0.39 is 0 Å². The van der Waals surface area contributed by atoms with Gasteiger partial charge in [-0.1, -0.05) is 0 Å². The van der Waals surface area contributed by atoms with E-state index in [0.29, 0.717) is 12.2 Å². The van der Waals surface area contributed by atoms with E-state index in [1.807, 2.05) is 31.0 Å². The largest absolute Gasteiger partial charge is 0.395 e. The number of aromatic nitrogens is 1. The van der Waals surface area contributed by atoms with Crippen LogP contribution in [0.25, 0.3) is 10.2 Å². The van der Waals surface area contributed by atoms with Crippen molar-refractivity contribution in [1.82, 2.24) is 10.3 Å².